The highest BCUT2D eigenvalue weighted by atomic mass is 79.9. The van der Waals surface area contributed by atoms with Crippen molar-refractivity contribution < 1.29 is 14.3 Å². The van der Waals surface area contributed by atoms with Crippen LogP contribution in [0.25, 0.3) is 11.3 Å². The van der Waals surface area contributed by atoms with E-state index < -0.39 is 0 Å². The van der Waals surface area contributed by atoms with E-state index in [1.807, 2.05) is 79.9 Å². The van der Waals surface area contributed by atoms with Crippen LogP contribution in [0.1, 0.15) is 18.1 Å². The van der Waals surface area contributed by atoms with Crippen molar-refractivity contribution in [3.05, 3.63) is 87.7 Å². The molecule has 7 nitrogen and oxygen atoms in total. The van der Waals surface area contributed by atoms with Gasteiger partial charge in [-0.3, -0.25) is 10.2 Å². The SMILES string of the molecule is CCOc1cc(C=NNc2nc(-c3ccccc3)cs2)c(Br)cc1OCC(=O)Nc1ccc(C)cc1. The molecule has 0 radical (unpaired) electrons. The zero-order valence-corrected chi connectivity index (χ0v) is 22.2. The molecule has 0 bridgehead atoms. The van der Waals surface area contributed by atoms with Gasteiger partial charge in [-0.25, -0.2) is 4.98 Å². The van der Waals surface area contributed by atoms with Gasteiger partial charge in [-0.1, -0.05) is 48.0 Å². The second-order valence-electron chi connectivity index (χ2n) is 7.73. The molecule has 0 aliphatic carbocycles. The summed E-state index contributed by atoms with van der Waals surface area (Å²) >= 11 is 5.03. The van der Waals surface area contributed by atoms with E-state index in [1.165, 1.54) is 11.3 Å². The Morgan fingerprint density at radius 1 is 1.08 bits per heavy atom. The number of hydrogen-bond donors (Lipinski definition) is 2. The van der Waals surface area contributed by atoms with Crippen LogP contribution in [0.5, 0.6) is 11.5 Å². The maximum absolute atomic E-state index is 12.3. The predicted molar refractivity (Wildman–Crippen MR) is 149 cm³/mol. The summed E-state index contributed by atoms with van der Waals surface area (Å²) in [7, 11) is 0. The minimum atomic E-state index is -0.259. The molecule has 0 saturated carbocycles. The summed E-state index contributed by atoms with van der Waals surface area (Å²) in [4.78, 5) is 16.9. The van der Waals surface area contributed by atoms with Gasteiger partial charge in [0.15, 0.2) is 18.1 Å². The van der Waals surface area contributed by atoms with Crippen molar-refractivity contribution in [3.8, 4) is 22.8 Å². The summed E-state index contributed by atoms with van der Waals surface area (Å²) in [6.45, 7) is 4.18. The first-order valence-electron chi connectivity index (χ1n) is 11.3. The molecule has 1 aromatic heterocycles. The van der Waals surface area contributed by atoms with Crippen LogP contribution in [0.3, 0.4) is 0 Å². The topological polar surface area (TPSA) is 84.8 Å². The summed E-state index contributed by atoms with van der Waals surface area (Å²) in [5.74, 6) is 0.719. The van der Waals surface area contributed by atoms with Gasteiger partial charge >= 0.3 is 0 Å². The largest absolute Gasteiger partial charge is 0.490 e. The van der Waals surface area contributed by atoms with Crippen LogP contribution in [0.2, 0.25) is 0 Å². The summed E-state index contributed by atoms with van der Waals surface area (Å²) in [6, 6.07) is 21.1. The van der Waals surface area contributed by atoms with E-state index in [4.69, 9.17) is 9.47 Å². The number of aryl methyl sites for hydroxylation is 1. The van der Waals surface area contributed by atoms with E-state index in [0.717, 1.165) is 32.5 Å². The Hall–Kier alpha value is -3.69. The van der Waals surface area contributed by atoms with Gasteiger partial charge in [0.25, 0.3) is 5.91 Å². The fourth-order valence-corrected chi connectivity index (χ4v) is 4.33. The molecular weight excluding hydrogens is 540 g/mol. The molecule has 2 N–H and O–H groups in total. The lowest BCUT2D eigenvalue weighted by Gasteiger charge is -2.14. The van der Waals surface area contributed by atoms with Crippen molar-refractivity contribution in [1.29, 1.82) is 0 Å². The maximum Gasteiger partial charge on any atom is 0.262 e. The number of ether oxygens (including phenoxy) is 2. The lowest BCUT2D eigenvalue weighted by molar-refractivity contribution is -0.118. The van der Waals surface area contributed by atoms with Crippen LogP contribution >= 0.6 is 27.3 Å². The van der Waals surface area contributed by atoms with Crippen LogP contribution in [0.4, 0.5) is 10.8 Å². The normalized spacial score (nSPS) is 10.9. The first-order chi connectivity index (χ1) is 17.5. The van der Waals surface area contributed by atoms with E-state index in [2.05, 4.69) is 36.8 Å². The van der Waals surface area contributed by atoms with Gasteiger partial charge in [-0.15, -0.1) is 11.3 Å². The third-order valence-electron chi connectivity index (χ3n) is 4.99. The molecule has 1 amide bonds. The second-order valence-corrected chi connectivity index (χ2v) is 9.44. The third kappa shape index (κ3) is 6.93. The quantitative estimate of drug-likeness (QED) is 0.164. The molecule has 0 fully saturated rings. The summed E-state index contributed by atoms with van der Waals surface area (Å²) in [5, 5.41) is 9.81. The highest BCUT2D eigenvalue weighted by molar-refractivity contribution is 9.10. The van der Waals surface area contributed by atoms with Crippen molar-refractivity contribution in [1.82, 2.24) is 4.98 Å². The van der Waals surface area contributed by atoms with Crippen molar-refractivity contribution in [2.75, 3.05) is 24.0 Å². The average molecular weight is 565 g/mol. The predicted octanol–water partition coefficient (Wildman–Crippen LogP) is 6.74. The summed E-state index contributed by atoms with van der Waals surface area (Å²) in [6.07, 6.45) is 1.67. The fourth-order valence-electron chi connectivity index (χ4n) is 3.23. The number of nitrogens with one attached hydrogen (secondary N) is 2. The van der Waals surface area contributed by atoms with E-state index >= 15 is 0 Å². The Morgan fingerprint density at radius 3 is 2.58 bits per heavy atom. The number of halogens is 1. The molecule has 3 aromatic carbocycles. The van der Waals surface area contributed by atoms with Crippen molar-refractivity contribution in [3.63, 3.8) is 0 Å². The number of anilines is 2. The minimum Gasteiger partial charge on any atom is -0.490 e. The molecule has 184 valence electrons. The molecule has 0 aliphatic rings. The molecule has 0 unspecified atom stereocenters. The van der Waals surface area contributed by atoms with Gasteiger partial charge in [0.1, 0.15) is 0 Å². The highest BCUT2D eigenvalue weighted by Crippen LogP contribution is 2.33. The van der Waals surface area contributed by atoms with Gasteiger partial charge < -0.3 is 14.8 Å². The highest BCUT2D eigenvalue weighted by Gasteiger charge is 2.12. The number of hydrazone groups is 1. The Bertz CT molecular complexity index is 1340. The van der Waals surface area contributed by atoms with Gasteiger partial charge in [0, 0.05) is 26.7 Å². The molecule has 0 atom stereocenters. The van der Waals surface area contributed by atoms with E-state index in [-0.39, 0.29) is 12.5 Å². The number of benzene rings is 3. The molecule has 9 heteroatoms. The van der Waals surface area contributed by atoms with Crippen LogP contribution in [0, 0.1) is 6.92 Å². The Morgan fingerprint density at radius 2 is 1.83 bits per heavy atom. The maximum atomic E-state index is 12.3. The van der Waals surface area contributed by atoms with Gasteiger partial charge in [-0.2, -0.15) is 5.10 Å². The fraction of sp³-hybridized carbons (Fsp3) is 0.148. The van der Waals surface area contributed by atoms with Crippen LogP contribution in [-0.2, 0) is 4.79 Å². The van der Waals surface area contributed by atoms with Crippen molar-refractivity contribution in [2.45, 2.75) is 13.8 Å². The molecule has 1 heterocycles. The Balaban J connectivity index is 1.39. The number of hydrogen-bond acceptors (Lipinski definition) is 7. The molecule has 0 aliphatic heterocycles. The average Bonchev–Trinajstić information content (AvgIpc) is 3.36. The first-order valence-corrected chi connectivity index (χ1v) is 12.9. The molecule has 0 saturated heterocycles. The number of amides is 1. The monoisotopic (exact) mass is 564 g/mol. The van der Waals surface area contributed by atoms with Gasteiger partial charge in [0.2, 0.25) is 5.13 Å². The lowest BCUT2D eigenvalue weighted by Crippen LogP contribution is -2.20. The number of rotatable bonds is 10. The van der Waals surface area contributed by atoms with E-state index in [1.54, 1.807) is 12.3 Å². The first kappa shape index (κ1) is 25.4. The number of thiazole rings is 1. The summed E-state index contributed by atoms with van der Waals surface area (Å²) < 4.78 is 12.3. The van der Waals surface area contributed by atoms with Gasteiger partial charge in [0.05, 0.1) is 18.5 Å². The standard InChI is InChI=1S/C27H25BrN4O3S/c1-3-34-24-13-20(15-29-32-27-31-23(17-36-27)19-7-5-4-6-8-19)22(28)14-25(24)35-16-26(33)30-21-11-9-18(2)10-12-21/h4-15,17H,3,16H2,1-2H3,(H,30,33)(H,31,32). The van der Waals surface area contributed by atoms with Gasteiger partial charge in [-0.05, 0) is 54.0 Å². The smallest absolute Gasteiger partial charge is 0.262 e. The number of carbonyl (C=O) groups excluding carboxylic acids is 1. The number of aromatic nitrogens is 1. The molecule has 0 spiro atoms. The molecule has 4 aromatic rings. The van der Waals surface area contributed by atoms with Crippen LogP contribution < -0.4 is 20.2 Å². The van der Waals surface area contributed by atoms with Crippen LogP contribution in [0.15, 0.2) is 81.7 Å². The van der Waals surface area contributed by atoms with Crippen LogP contribution in [-0.4, -0.2) is 30.3 Å². The van der Waals surface area contributed by atoms with E-state index in [9.17, 15) is 4.79 Å². The summed E-state index contributed by atoms with van der Waals surface area (Å²) in [5.41, 5.74) is 7.54. The Kier molecular flexibility index (Phi) is 8.70. The molecule has 36 heavy (non-hydrogen) atoms. The zero-order chi connectivity index (χ0) is 25.3. The molecule has 4 rings (SSSR count). The second kappa shape index (κ2) is 12.3. The van der Waals surface area contributed by atoms with Crippen molar-refractivity contribution >= 4 is 50.2 Å². The minimum absolute atomic E-state index is 0.150. The third-order valence-corrected chi connectivity index (χ3v) is 6.43. The Labute approximate surface area is 222 Å². The lowest BCUT2D eigenvalue weighted by atomic mass is 10.2. The molecular formula is C27H25BrN4O3S. The number of carbonyl (C=O) groups is 1. The van der Waals surface area contributed by atoms with Crippen molar-refractivity contribution in [2.24, 2.45) is 5.10 Å². The van der Waals surface area contributed by atoms with E-state index in [0.29, 0.717) is 23.2 Å². The zero-order valence-electron chi connectivity index (χ0n) is 19.8. The number of nitrogens with zero attached hydrogens (tertiary/aromatic N) is 2.